The van der Waals surface area contributed by atoms with Gasteiger partial charge in [0.05, 0.1) is 6.61 Å². The van der Waals surface area contributed by atoms with Crippen LogP contribution in [0.1, 0.15) is 12.0 Å². The van der Waals surface area contributed by atoms with Gasteiger partial charge in [0.15, 0.2) is 0 Å². The highest BCUT2D eigenvalue weighted by Crippen LogP contribution is 2.10. The zero-order chi connectivity index (χ0) is 11.2. The van der Waals surface area contributed by atoms with Crippen LogP contribution in [-0.4, -0.2) is 36.2 Å². The molecule has 0 bridgehead atoms. The van der Waals surface area contributed by atoms with Crippen molar-refractivity contribution in [3.05, 3.63) is 47.5 Å². The van der Waals surface area contributed by atoms with Crippen molar-refractivity contribution in [3.63, 3.8) is 0 Å². The summed E-state index contributed by atoms with van der Waals surface area (Å²) in [6.45, 7) is 3.41. The van der Waals surface area contributed by atoms with E-state index in [0.29, 0.717) is 0 Å². The highest BCUT2D eigenvalue weighted by atomic mass is 16.3. The molecule has 1 aliphatic heterocycles. The van der Waals surface area contributed by atoms with Crippen LogP contribution in [0.3, 0.4) is 0 Å². The third kappa shape index (κ3) is 3.19. The van der Waals surface area contributed by atoms with Crippen molar-refractivity contribution < 1.29 is 5.11 Å². The maximum Gasteiger partial charge on any atom is 0.0642 e. The Morgan fingerprint density at radius 2 is 2.00 bits per heavy atom. The molecule has 16 heavy (non-hydrogen) atoms. The second-order valence-corrected chi connectivity index (χ2v) is 4.31. The Morgan fingerprint density at radius 1 is 1.19 bits per heavy atom. The van der Waals surface area contributed by atoms with E-state index in [1.165, 1.54) is 11.1 Å². The normalized spacial score (nSPS) is 17.2. The van der Waals surface area contributed by atoms with Crippen LogP contribution >= 0.6 is 0 Å². The van der Waals surface area contributed by atoms with Gasteiger partial charge in [-0.2, -0.15) is 0 Å². The number of aliphatic hydroxyl groups is 1. The summed E-state index contributed by atoms with van der Waals surface area (Å²) in [6, 6.07) is 10.6. The molecule has 0 saturated carbocycles. The van der Waals surface area contributed by atoms with E-state index in [1.54, 1.807) is 0 Å². The van der Waals surface area contributed by atoms with Gasteiger partial charge in [-0.25, -0.2) is 0 Å². The van der Waals surface area contributed by atoms with Crippen LogP contribution in [0.4, 0.5) is 0 Å². The summed E-state index contributed by atoms with van der Waals surface area (Å²) in [4.78, 5) is 2.44. The first kappa shape index (κ1) is 11.4. The van der Waals surface area contributed by atoms with Gasteiger partial charge in [0, 0.05) is 19.6 Å². The minimum absolute atomic E-state index is 0.229. The first-order valence-electron chi connectivity index (χ1n) is 5.93. The van der Waals surface area contributed by atoms with Gasteiger partial charge in [0.2, 0.25) is 0 Å². The summed E-state index contributed by atoms with van der Waals surface area (Å²) in [5.41, 5.74) is 2.59. The molecule has 1 aromatic carbocycles. The lowest BCUT2D eigenvalue weighted by atomic mass is 10.1. The number of aliphatic hydroxyl groups excluding tert-OH is 1. The molecule has 0 radical (unpaired) electrons. The van der Waals surface area contributed by atoms with Crippen molar-refractivity contribution in [1.82, 2.24) is 4.90 Å². The quantitative estimate of drug-likeness (QED) is 0.778. The maximum absolute atomic E-state index is 9.00. The lowest BCUT2D eigenvalue weighted by Crippen LogP contribution is -2.31. The summed E-state index contributed by atoms with van der Waals surface area (Å²) >= 11 is 0. The van der Waals surface area contributed by atoms with Gasteiger partial charge in [0.25, 0.3) is 0 Å². The van der Waals surface area contributed by atoms with Crippen LogP contribution in [0.2, 0.25) is 0 Å². The van der Waals surface area contributed by atoms with Gasteiger partial charge in [0.1, 0.15) is 0 Å². The minimum atomic E-state index is 0.229. The van der Waals surface area contributed by atoms with Gasteiger partial charge >= 0.3 is 0 Å². The number of rotatable bonds is 4. The fourth-order valence-corrected chi connectivity index (χ4v) is 2.03. The Kier molecular flexibility index (Phi) is 4.14. The van der Waals surface area contributed by atoms with Crippen molar-refractivity contribution in [2.45, 2.75) is 12.8 Å². The second kappa shape index (κ2) is 5.83. The second-order valence-electron chi connectivity index (χ2n) is 4.31. The van der Waals surface area contributed by atoms with Gasteiger partial charge in [-0.05, 0) is 24.0 Å². The largest absolute Gasteiger partial charge is 0.392 e. The number of benzene rings is 1. The van der Waals surface area contributed by atoms with Crippen LogP contribution in [0, 0.1) is 0 Å². The SMILES string of the molecule is OCC1=CCN(CCc2ccccc2)CC1. The number of hydrogen-bond donors (Lipinski definition) is 1. The first-order chi connectivity index (χ1) is 7.88. The van der Waals surface area contributed by atoms with Crippen molar-refractivity contribution in [3.8, 4) is 0 Å². The van der Waals surface area contributed by atoms with E-state index in [4.69, 9.17) is 5.11 Å². The van der Waals surface area contributed by atoms with Crippen LogP contribution in [0.15, 0.2) is 42.0 Å². The Bertz CT molecular complexity index is 345. The van der Waals surface area contributed by atoms with Crippen LogP contribution in [0.25, 0.3) is 0 Å². The van der Waals surface area contributed by atoms with Gasteiger partial charge in [-0.1, -0.05) is 36.4 Å². The molecule has 0 aromatic heterocycles. The van der Waals surface area contributed by atoms with Crippen LogP contribution < -0.4 is 0 Å². The predicted octanol–water partition coefficient (Wildman–Crippen LogP) is 1.85. The topological polar surface area (TPSA) is 23.5 Å². The molecule has 0 fully saturated rings. The zero-order valence-corrected chi connectivity index (χ0v) is 9.60. The fraction of sp³-hybridized carbons (Fsp3) is 0.429. The van der Waals surface area contributed by atoms with Crippen LogP contribution in [0.5, 0.6) is 0 Å². The molecule has 1 aromatic rings. The highest BCUT2D eigenvalue weighted by Gasteiger charge is 2.10. The van der Waals surface area contributed by atoms with E-state index in [1.807, 2.05) is 0 Å². The molecule has 2 heteroatoms. The number of nitrogens with zero attached hydrogens (tertiary/aromatic N) is 1. The van der Waals surface area contributed by atoms with E-state index in [-0.39, 0.29) is 6.61 Å². The Hall–Kier alpha value is -1.12. The van der Waals surface area contributed by atoms with E-state index in [2.05, 4.69) is 41.3 Å². The average Bonchev–Trinajstić information content (AvgIpc) is 2.38. The van der Waals surface area contributed by atoms with Crippen molar-refractivity contribution in [1.29, 1.82) is 0 Å². The third-order valence-corrected chi connectivity index (χ3v) is 3.15. The lowest BCUT2D eigenvalue weighted by molar-refractivity contribution is 0.273. The molecule has 1 N–H and O–H groups in total. The molecule has 1 aliphatic rings. The van der Waals surface area contributed by atoms with E-state index >= 15 is 0 Å². The number of hydrogen-bond acceptors (Lipinski definition) is 2. The molecule has 2 rings (SSSR count). The fourth-order valence-electron chi connectivity index (χ4n) is 2.03. The summed E-state index contributed by atoms with van der Waals surface area (Å²) < 4.78 is 0. The minimum Gasteiger partial charge on any atom is -0.392 e. The van der Waals surface area contributed by atoms with E-state index in [9.17, 15) is 0 Å². The maximum atomic E-state index is 9.00. The molecule has 2 nitrogen and oxygen atoms in total. The first-order valence-corrected chi connectivity index (χ1v) is 5.93. The van der Waals surface area contributed by atoms with Gasteiger partial charge < -0.3 is 5.11 Å². The summed E-state index contributed by atoms with van der Waals surface area (Å²) in [6.07, 6.45) is 4.29. The summed E-state index contributed by atoms with van der Waals surface area (Å²) in [5, 5.41) is 9.00. The van der Waals surface area contributed by atoms with Crippen molar-refractivity contribution in [2.24, 2.45) is 0 Å². The lowest BCUT2D eigenvalue weighted by Gasteiger charge is -2.25. The third-order valence-electron chi connectivity index (χ3n) is 3.15. The van der Waals surface area contributed by atoms with Crippen molar-refractivity contribution in [2.75, 3.05) is 26.2 Å². The molecule has 1 heterocycles. The molecule has 0 aliphatic carbocycles. The molecule has 0 atom stereocenters. The predicted molar refractivity (Wildman–Crippen MR) is 66.4 cm³/mol. The standard InChI is InChI=1S/C14H19NO/c16-12-14-7-10-15(11-8-14)9-6-13-4-2-1-3-5-13/h1-5,7,16H,6,8-12H2. The van der Waals surface area contributed by atoms with E-state index < -0.39 is 0 Å². The molecule has 0 saturated heterocycles. The van der Waals surface area contributed by atoms with Crippen molar-refractivity contribution >= 4 is 0 Å². The Labute approximate surface area is 97.2 Å². The summed E-state index contributed by atoms with van der Waals surface area (Å²) in [5.74, 6) is 0. The van der Waals surface area contributed by atoms with Crippen LogP contribution in [-0.2, 0) is 6.42 Å². The molecular formula is C14H19NO. The molecule has 0 spiro atoms. The molecule has 0 amide bonds. The van der Waals surface area contributed by atoms with Gasteiger partial charge in [-0.3, -0.25) is 4.90 Å². The van der Waals surface area contributed by atoms with Gasteiger partial charge in [-0.15, -0.1) is 0 Å². The monoisotopic (exact) mass is 217 g/mol. The van der Waals surface area contributed by atoms with E-state index in [0.717, 1.165) is 32.5 Å². The average molecular weight is 217 g/mol. The smallest absolute Gasteiger partial charge is 0.0642 e. The highest BCUT2D eigenvalue weighted by molar-refractivity contribution is 5.15. The molecule has 86 valence electrons. The molecular weight excluding hydrogens is 198 g/mol. The zero-order valence-electron chi connectivity index (χ0n) is 9.60. The summed E-state index contributed by atoms with van der Waals surface area (Å²) in [7, 11) is 0. The Balaban J connectivity index is 1.78. The Morgan fingerprint density at radius 3 is 2.62 bits per heavy atom. The molecule has 0 unspecified atom stereocenters.